The summed E-state index contributed by atoms with van der Waals surface area (Å²) in [4.78, 5) is 9.24. The molecule has 0 amide bonds. The Kier molecular flexibility index (Phi) is 3.03. The van der Waals surface area contributed by atoms with Crippen LogP contribution in [0.1, 0.15) is 5.56 Å². The largest absolute Gasteiger partial charge is 0.384 e. The van der Waals surface area contributed by atoms with Crippen molar-refractivity contribution in [1.82, 2.24) is 14.5 Å². The smallest absolute Gasteiger partial charge is 0.167 e. The quantitative estimate of drug-likeness (QED) is 0.557. The standard InChI is InChI=1S/C17H10BrN5/c18-10-5-7-11(8-6-10)23-16(20)12(9-19)15-17(23)22-14-4-2-1-3-13(14)21-15/h1-8H,20H2. The number of aromatic nitrogens is 3. The summed E-state index contributed by atoms with van der Waals surface area (Å²) in [6.07, 6.45) is 0. The average molecular weight is 364 g/mol. The minimum Gasteiger partial charge on any atom is -0.384 e. The molecule has 0 saturated carbocycles. The van der Waals surface area contributed by atoms with Gasteiger partial charge in [0.2, 0.25) is 0 Å². The highest BCUT2D eigenvalue weighted by molar-refractivity contribution is 9.10. The Morgan fingerprint density at radius 3 is 2.30 bits per heavy atom. The summed E-state index contributed by atoms with van der Waals surface area (Å²) in [5.41, 5.74) is 10.00. The Morgan fingerprint density at radius 2 is 1.65 bits per heavy atom. The molecule has 0 atom stereocenters. The topological polar surface area (TPSA) is 80.5 Å². The van der Waals surface area contributed by atoms with Crippen LogP contribution in [0.2, 0.25) is 0 Å². The molecule has 0 aliphatic rings. The maximum atomic E-state index is 9.47. The summed E-state index contributed by atoms with van der Waals surface area (Å²) < 4.78 is 2.73. The summed E-state index contributed by atoms with van der Waals surface area (Å²) in [7, 11) is 0. The van der Waals surface area contributed by atoms with E-state index in [1.54, 1.807) is 4.57 Å². The predicted molar refractivity (Wildman–Crippen MR) is 93.2 cm³/mol. The molecular weight excluding hydrogens is 354 g/mol. The van der Waals surface area contributed by atoms with Gasteiger partial charge in [-0.15, -0.1) is 0 Å². The van der Waals surface area contributed by atoms with Crippen molar-refractivity contribution < 1.29 is 0 Å². The van der Waals surface area contributed by atoms with Gasteiger partial charge in [0, 0.05) is 10.2 Å². The molecule has 4 aromatic rings. The number of nitriles is 1. The SMILES string of the molecule is N#Cc1c(N)n(-c2ccc(Br)cc2)c2nc3ccccc3nc12. The van der Waals surface area contributed by atoms with Crippen molar-refractivity contribution in [3.05, 3.63) is 58.6 Å². The van der Waals surface area contributed by atoms with E-state index in [1.165, 1.54) is 0 Å². The van der Waals surface area contributed by atoms with Crippen LogP contribution in [0.5, 0.6) is 0 Å². The van der Waals surface area contributed by atoms with Gasteiger partial charge in [-0.3, -0.25) is 4.57 Å². The van der Waals surface area contributed by atoms with E-state index in [9.17, 15) is 5.26 Å². The molecule has 0 fully saturated rings. The van der Waals surface area contributed by atoms with Gasteiger partial charge in [-0.05, 0) is 36.4 Å². The van der Waals surface area contributed by atoms with E-state index in [-0.39, 0.29) is 0 Å². The van der Waals surface area contributed by atoms with Crippen LogP contribution in [-0.4, -0.2) is 14.5 Å². The van der Waals surface area contributed by atoms with E-state index in [2.05, 4.69) is 32.0 Å². The first-order valence-electron chi connectivity index (χ1n) is 6.92. The Balaban J connectivity index is 2.14. The zero-order chi connectivity index (χ0) is 16.0. The van der Waals surface area contributed by atoms with Crippen LogP contribution in [0.25, 0.3) is 27.9 Å². The summed E-state index contributed by atoms with van der Waals surface area (Å²) in [5.74, 6) is 0.347. The van der Waals surface area contributed by atoms with E-state index in [1.807, 2.05) is 48.5 Å². The molecule has 0 radical (unpaired) electrons. The first-order valence-corrected chi connectivity index (χ1v) is 7.71. The number of para-hydroxylation sites is 2. The number of benzene rings is 2. The number of anilines is 1. The van der Waals surface area contributed by atoms with Crippen molar-refractivity contribution in [3.8, 4) is 11.8 Å². The molecule has 0 saturated heterocycles. The molecule has 110 valence electrons. The fourth-order valence-corrected chi connectivity index (χ4v) is 2.89. The highest BCUT2D eigenvalue weighted by Crippen LogP contribution is 2.30. The zero-order valence-electron chi connectivity index (χ0n) is 11.9. The summed E-state index contributed by atoms with van der Waals surface area (Å²) in [6, 6.07) is 17.4. The lowest BCUT2D eigenvalue weighted by Crippen LogP contribution is -2.01. The highest BCUT2D eigenvalue weighted by atomic mass is 79.9. The van der Waals surface area contributed by atoms with Gasteiger partial charge in [-0.1, -0.05) is 28.1 Å². The van der Waals surface area contributed by atoms with Gasteiger partial charge >= 0.3 is 0 Å². The van der Waals surface area contributed by atoms with Gasteiger partial charge in [0.1, 0.15) is 23.0 Å². The van der Waals surface area contributed by atoms with Crippen molar-refractivity contribution in [1.29, 1.82) is 5.26 Å². The minimum atomic E-state index is 0.347. The third-order valence-electron chi connectivity index (χ3n) is 3.69. The zero-order valence-corrected chi connectivity index (χ0v) is 13.4. The molecule has 5 nitrogen and oxygen atoms in total. The summed E-state index contributed by atoms with van der Waals surface area (Å²) >= 11 is 3.42. The van der Waals surface area contributed by atoms with Crippen molar-refractivity contribution in [2.24, 2.45) is 0 Å². The molecular formula is C17H10BrN5. The molecule has 2 aromatic carbocycles. The van der Waals surface area contributed by atoms with E-state index >= 15 is 0 Å². The normalized spacial score (nSPS) is 11.0. The number of halogens is 1. The highest BCUT2D eigenvalue weighted by Gasteiger charge is 2.19. The summed E-state index contributed by atoms with van der Waals surface area (Å²) in [6.45, 7) is 0. The first kappa shape index (κ1) is 13.7. The molecule has 2 N–H and O–H groups in total. The van der Waals surface area contributed by atoms with Crippen molar-refractivity contribution in [3.63, 3.8) is 0 Å². The minimum absolute atomic E-state index is 0.347. The molecule has 0 aliphatic heterocycles. The molecule has 0 spiro atoms. The van der Waals surface area contributed by atoms with Crippen LogP contribution < -0.4 is 5.73 Å². The van der Waals surface area contributed by atoms with E-state index in [0.717, 1.165) is 21.2 Å². The lowest BCUT2D eigenvalue weighted by atomic mass is 10.2. The van der Waals surface area contributed by atoms with Crippen LogP contribution in [0.15, 0.2) is 53.0 Å². The lowest BCUT2D eigenvalue weighted by molar-refractivity contribution is 1.11. The van der Waals surface area contributed by atoms with Crippen molar-refractivity contribution in [2.75, 3.05) is 5.73 Å². The van der Waals surface area contributed by atoms with Crippen LogP contribution in [0.3, 0.4) is 0 Å². The number of nitrogens with zero attached hydrogens (tertiary/aromatic N) is 4. The Morgan fingerprint density at radius 1 is 1.00 bits per heavy atom. The van der Waals surface area contributed by atoms with Crippen molar-refractivity contribution in [2.45, 2.75) is 0 Å². The maximum Gasteiger partial charge on any atom is 0.167 e. The Labute approximate surface area is 140 Å². The predicted octanol–water partition coefficient (Wildman–Crippen LogP) is 3.79. The lowest BCUT2D eigenvalue weighted by Gasteiger charge is -2.07. The van der Waals surface area contributed by atoms with Gasteiger partial charge in [0.05, 0.1) is 11.0 Å². The molecule has 0 aliphatic carbocycles. The number of nitrogens with two attached hydrogens (primary N) is 1. The number of nitrogen functional groups attached to an aromatic ring is 1. The number of fused-ring (bicyclic) bond motifs is 2. The molecule has 0 unspecified atom stereocenters. The van der Waals surface area contributed by atoms with Crippen LogP contribution in [-0.2, 0) is 0 Å². The van der Waals surface area contributed by atoms with Gasteiger partial charge in [-0.25, -0.2) is 9.97 Å². The van der Waals surface area contributed by atoms with Gasteiger partial charge < -0.3 is 5.73 Å². The second kappa shape index (κ2) is 5.07. The van der Waals surface area contributed by atoms with Gasteiger partial charge in [-0.2, -0.15) is 5.26 Å². The third-order valence-corrected chi connectivity index (χ3v) is 4.22. The molecule has 4 rings (SSSR count). The second-order valence-electron chi connectivity index (χ2n) is 5.07. The first-order chi connectivity index (χ1) is 11.2. The number of rotatable bonds is 1. The fourth-order valence-electron chi connectivity index (χ4n) is 2.62. The molecule has 2 heterocycles. The monoisotopic (exact) mass is 363 g/mol. The summed E-state index contributed by atoms with van der Waals surface area (Å²) in [5, 5.41) is 9.47. The van der Waals surface area contributed by atoms with Gasteiger partial charge in [0.25, 0.3) is 0 Å². The molecule has 0 bridgehead atoms. The van der Waals surface area contributed by atoms with E-state index in [4.69, 9.17) is 5.73 Å². The van der Waals surface area contributed by atoms with Gasteiger partial charge in [0.15, 0.2) is 5.65 Å². The maximum absolute atomic E-state index is 9.47. The second-order valence-corrected chi connectivity index (χ2v) is 5.98. The average Bonchev–Trinajstić information content (AvgIpc) is 2.84. The van der Waals surface area contributed by atoms with Crippen LogP contribution >= 0.6 is 15.9 Å². The van der Waals surface area contributed by atoms with Crippen LogP contribution in [0.4, 0.5) is 5.82 Å². The Bertz CT molecular complexity index is 1090. The van der Waals surface area contributed by atoms with E-state index < -0.39 is 0 Å². The fraction of sp³-hybridized carbons (Fsp3) is 0. The molecule has 2 aromatic heterocycles. The number of hydrogen-bond acceptors (Lipinski definition) is 4. The number of hydrogen-bond donors (Lipinski definition) is 1. The van der Waals surface area contributed by atoms with E-state index in [0.29, 0.717) is 22.5 Å². The molecule has 23 heavy (non-hydrogen) atoms. The molecule has 6 heteroatoms. The van der Waals surface area contributed by atoms with Crippen molar-refractivity contribution >= 4 is 43.9 Å². The Hall–Kier alpha value is -2.91. The van der Waals surface area contributed by atoms with Crippen LogP contribution in [0, 0.1) is 11.3 Å². The third kappa shape index (κ3) is 2.05.